The summed E-state index contributed by atoms with van der Waals surface area (Å²) < 4.78 is 5.61. The first-order valence-corrected chi connectivity index (χ1v) is 6.17. The predicted molar refractivity (Wildman–Crippen MR) is 65.9 cm³/mol. The molecule has 1 unspecified atom stereocenters. The molecule has 2 rings (SSSR count). The highest BCUT2D eigenvalue weighted by Crippen LogP contribution is 2.33. The van der Waals surface area contributed by atoms with Crippen LogP contribution in [0.3, 0.4) is 0 Å². The summed E-state index contributed by atoms with van der Waals surface area (Å²) in [4.78, 5) is 0.793. The molecule has 0 aliphatic carbocycles. The van der Waals surface area contributed by atoms with E-state index in [0.29, 0.717) is 0 Å². The summed E-state index contributed by atoms with van der Waals surface area (Å²) in [6.45, 7) is 6.18. The van der Waals surface area contributed by atoms with Crippen LogP contribution >= 0.6 is 11.5 Å². The van der Waals surface area contributed by atoms with Gasteiger partial charge >= 0.3 is 0 Å². The van der Waals surface area contributed by atoms with Crippen molar-refractivity contribution in [2.24, 2.45) is 7.05 Å². The van der Waals surface area contributed by atoms with Gasteiger partial charge in [0.1, 0.15) is 6.10 Å². The zero-order valence-electron chi connectivity index (χ0n) is 10.4. The van der Waals surface area contributed by atoms with E-state index < -0.39 is 6.10 Å². The van der Waals surface area contributed by atoms with Gasteiger partial charge in [0.05, 0.1) is 16.3 Å². The zero-order valence-corrected chi connectivity index (χ0v) is 11.2. The molecule has 0 spiro atoms. The molecule has 1 atom stereocenters. The second-order valence-corrected chi connectivity index (χ2v) is 5.80. The highest BCUT2D eigenvalue weighted by atomic mass is 32.1. The van der Waals surface area contributed by atoms with Gasteiger partial charge < -0.3 is 5.11 Å². The van der Waals surface area contributed by atoms with Gasteiger partial charge in [0.25, 0.3) is 0 Å². The maximum Gasteiger partial charge on any atom is 0.133 e. The zero-order chi connectivity index (χ0) is 12.6. The first kappa shape index (κ1) is 12.2. The Labute approximate surface area is 104 Å². The summed E-state index contributed by atoms with van der Waals surface area (Å²) in [5.41, 5.74) is 1.47. The van der Waals surface area contributed by atoms with Crippen molar-refractivity contribution in [1.29, 1.82) is 0 Å². The van der Waals surface area contributed by atoms with Gasteiger partial charge in [0.15, 0.2) is 0 Å². The Balaban J connectivity index is 2.42. The largest absolute Gasteiger partial charge is 0.381 e. The molecule has 92 valence electrons. The van der Waals surface area contributed by atoms with Gasteiger partial charge in [-0.25, -0.2) is 0 Å². The molecule has 6 heteroatoms. The van der Waals surface area contributed by atoms with E-state index in [4.69, 9.17) is 0 Å². The van der Waals surface area contributed by atoms with Crippen molar-refractivity contribution in [3.05, 3.63) is 28.5 Å². The number of aryl methyl sites for hydroxylation is 1. The summed E-state index contributed by atoms with van der Waals surface area (Å²) >= 11 is 1.24. The molecular formula is C11H16N4OS. The quantitative estimate of drug-likeness (QED) is 0.882. The Hall–Kier alpha value is -1.27. The van der Waals surface area contributed by atoms with Crippen LogP contribution in [0.25, 0.3) is 0 Å². The molecule has 0 bridgehead atoms. The lowest BCUT2D eigenvalue weighted by Gasteiger charge is -2.18. The molecule has 0 saturated heterocycles. The van der Waals surface area contributed by atoms with E-state index in [1.54, 1.807) is 16.9 Å². The fraction of sp³-hybridized carbons (Fsp3) is 0.545. The third-order valence-electron chi connectivity index (χ3n) is 2.61. The van der Waals surface area contributed by atoms with E-state index in [9.17, 15) is 5.11 Å². The number of hydrogen-bond acceptors (Lipinski definition) is 5. The molecule has 0 aromatic carbocycles. The van der Waals surface area contributed by atoms with Crippen LogP contribution in [-0.2, 0) is 12.5 Å². The maximum atomic E-state index is 10.4. The van der Waals surface area contributed by atoms with E-state index in [1.807, 2.05) is 7.05 Å². The Kier molecular flexibility index (Phi) is 3.01. The van der Waals surface area contributed by atoms with Gasteiger partial charge in [-0.3, -0.25) is 4.68 Å². The van der Waals surface area contributed by atoms with Gasteiger partial charge in [-0.05, 0) is 17.6 Å². The standard InChI is InChI=1S/C11H16N4OS/c1-11(2,3)10-9(17-14-13-10)8(16)7-5-6-12-15(7)4/h5-6,8,16H,1-4H3. The van der Waals surface area contributed by atoms with Gasteiger partial charge in [-0.15, -0.1) is 5.10 Å². The van der Waals surface area contributed by atoms with E-state index >= 15 is 0 Å². The SMILES string of the molecule is Cn1nccc1C(O)c1snnc1C(C)(C)C. The van der Waals surface area contributed by atoms with Crippen molar-refractivity contribution in [1.82, 2.24) is 19.4 Å². The van der Waals surface area contributed by atoms with Crippen molar-refractivity contribution in [2.45, 2.75) is 32.3 Å². The second kappa shape index (κ2) is 4.19. The lowest BCUT2D eigenvalue weighted by atomic mass is 9.90. The number of nitrogens with zero attached hydrogens (tertiary/aromatic N) is 4. The molecule has 1 N–H and O–H groups in total. The van der Waals surface area contributed by atoms with Crippen LogP contribution in [0.5, 0.6) is 0 Å². The fourth-order valence-corrected chi connectivity index (χ4v) is 2.55. The number of rotatable bonds is 2. The molecule has 0 saturated carbocycles. The van der Waals surface area contributed by atoms with Crippen molar-refractivity contribution >= 4 is 11.5 Å². The summed E-state index contributed by atoms with van der Waals surface area (Å²) in [5, 5.41) is 18.6. The fourth-order valence-electron chi connectivity index (χ4n) is 1.68. The molecule has 2 aromatic rings. The Morgan fingerprint density at radius 3 is 2.65 bits per heavy atom. The van der Waals surface area contributed by atoms with Crippen molar-refractivity contribution in [3.8, 4) is 0 Å². The molecule has 2 aromatic heterocycles. The highest BCUT2D eigenvalue weighted by molar-refractivity contribution is 7.05. The minimum Gasteiger partial charge on any atom is -0.381 e. The third-order valence-corrected chi connectivity index (χ3v) is 3.39. The Morgan fingerprint density at radius 2 is 2.12 bits per heavy atom. The third kappa shape index (κ3) is 2.23. The average molecular weight is 252 g/mol. The van der Waals surface area contributed by atoms with Crippen LogP contribution in [0, 0.1) is 0 Å². The van der Waals surface area contributed by atoms with Gasteiger partial charge in [0, 0.05) is 18.7 Å². The normalized spacial score (nSPS) is 13.9. The summed E-state index contributed by atoms with van der Waals surface area (Å²) in [6.07, 6.45) is 0.959. The first-order valence-electron chi connectivity index (χ1n) is 5.40. The summed E-state index contributed by atoms with van der Waals surface area (Å²) in [7, 11) is 1.81. The molecule has 17 heavy (non-hydrogen) atoms. The minimum atomic E-state index is -0.711. The number of hydrogen-bond donors (Lipinski definition) is 1. The molecule has 0 fully saturated rings. The predicted octanol–water partition coefficient (Wildman–Crippen LogP) is 1.65. The minimum absolute atomic E-state index is 0.123. The molecule has 0 amide bonds. The molecule has 0 radical (unpaired) electrons. The van der Waals surface area contributed by atoms with Crippen molar-refractivity contribution in [2.75, 3.05) is 0 Å². The smallest absolute Gasteiger partial charge is 0.133 e. The van der Waals surface area contributed by atoms with Crippen LogP contribution in [0.2, 0.25) is 0 Å². The van der Waals surface area contributed by atoms with Crippen LogP contribution in [0.4, 0.5) is 0 Å². The highest BCUT2D eigenvalue weighted by Gasteiger charge is 2.28. The molecule has 5 nitrogen and oxygen atoms in total. The lowest BCUT2D eigenvalue weighted by molar-refractivity contribution is 0.210. The maximum absolute atomic E-state index is 10.4. The molecule has 0 aliphatic heterocycles. The van der Waals surface area contributed by atoms with E-state index in [-0.39, 0.29) is 5.41 Å². The van der Waals surface area contributed by atoms with Crippen molar-refractivity contribution in [3.63, 3.8) is 0 Å². The van der Waals surface area contributed by atoms with E-state index in [0.717, 1.165) is 16.3 Å². The Morgan fingerprint density at radius 1 is 1.41 bits per heavy atom. The number of aromatic nitrogens is 4. The molecule has 0 aliphatic rings. The van der Waals surface area contributed by atoms with Crippen LogP contribution in [0.15, 0.2) is 12.3 Å². The van der Waals surface area contributed by atoms with Crippen LogP contribution in [0.1, 0.15) is 43.1 Å². The van der Waals surface area contributed by atoms with Crippen molar-refractivity contribution < 1.29 is 5.11 Å². The molecule has 2 heterocycles. The molecular weight excluding hydrogens is 236 g/mol. The van der Waals surface area contributed by atoms with E-state index in [2.05, 4.69) is 35.5 Å². The monoisotopic (exact) mass is 252 g/mol. The lowest BCUT2D eigenvalue weighted by Crippen LogP contribution is -2.17. The summed E-state index contributed by atoms with van der Waals surface area (Å²) in [6, 6.07) is 1.80. The van der Waals surface area contributed by atoms with Gasteiger partial charge in [-0.1, -0.05) is 25.3 Å². The Bertz CT molecular complexity index is 512. The number of aliphatic hydroxyl groups excluding tert-OH is 1. The second-order valence-electron chi connectivity index (χ2n) is 5.02. The van der Waals surface area contributed by atoms with Gasteiger partial charge in [-0.2, -0.15) is 5.10 Å². The van der Waals surface area contributed by atoms with Gasteiger partial charge in [0.2, 0.25) is 0 Å². The van der Waals surface area contributed by atoms with Crippen LogP contribution in [-0.4, -0.2) is 24.5 Å². The topological polar surface area (TPSA) is 63.8 Å². The van der Waals surface area contributed by atoms with Crippen LogP contribution < -0.4 is 0 Å². The average Bonchev–Trinajstić information content (AvgIpc) is 2.82. The van der Waals surface area contributed by atoms with E-state index in [1.165, 1.54) is 11.5 Å². The summed E-state index contributed by atoms with van der Waals surface area (Å²) in [5.74, 6) is 0. The first-order chi connectivity index (χ1) is 7.91. The number of aliphatic hydroxyl groups is 1.